The molecule has 0 fully saturated rings. The molecule has 0 saturated carbocycles. The predicted molar refractivity (Wildman–Crippen MR) is 99.3 cm³/mol. The summed E-state index contributed by atoms with van der Waals surface area (Å²) in [5.41, 5.74) is 5.92. The molecule has 4 N–H and O–H groups in total. The van der Waals surface area contributed by atoms with Gasteiger partial charge < -0.3 is 20.9 Å². The maximum Gasteiger partial charge on any atom is 0.312 e. The number of rotatable bonds is 9. The first-order chi connectivity index (χ1) is 12.9. The van der Waals surface area contributed by atoms with Crippen LogP contribution in [0.25, 0.3) is 11.4 Å². The number of pyridine rings is 1. The summed E-state index contributed by atoms with van der Waals surface area (Å²) < 4.78 is 5.37. The Hall–Kier alpha value is -2.97. The third-order valence-electron chi connectivity index (χ3n) is 4.07. The Morgan fingerprint density at radius 1 is 1.30 bits per heavy atom. The summed E-state index contributed by atoms with van der Waals surface area (Å²) in [6, 6.07) is 1.67. The van der Waals surface area contributed by atoms with Crippen molar-refractivity contribution in [1.82, 2.24) is 25.8 Å². The van der Waals surface area contributed by atoms with E-state index in [0.717, 1.165) is 18.4 Å². The summed E-state index contributed by atoms with van der Waals surface area (Å²) in [6.45, 7) is 5.87. The van der Waals surface area contributed by atoms with Gasteiger partial charge in [-0.25, -0.2) is 4.79 Å². The van der Waals surface area contributed by atoms with Crippen LogP contribution in [0.1, 0.15) is 52.0 Å². The number of hydrogen-bond donors (Lipinski definition) is 3. The zero-order valence-electron chi connectivity index (χ0n) is 15.8. The highest BCUT2D eigenvalue weighted by molar-refractivity contribution is 5.86. The van der Waals surface area contributed by atoms with Crippen molar-refractivity contribution in [2.75, 3.05) is 0 Å². The molecule has 2 aromatic rings. The lowest BCUT2D eigenvalue weighted by Crippen LogP contribution is -2.49. The van der Waals surface area contributed by atoms with E-state index in [-0.39, 0.29) is 11.8 Å². The van der Waals surface area contributed by atoms with Crippen molar-refractivity contribution in [2.24, 2.45) is 11.7 Å². The zero-order chi connectivity index (χ0) is 19.8. The Bertz CT molecular complexity index is 747. The number of primary amides is 1. The van der Waals surface area contributed by atoms with Crippen LogP contribution in [-0.4, -0.2) is 33.1 Å². The first-order valence-electron chi connectivity index (χ1n) is 9.02. The van der Waals surface area contributed by atoms with Gasteiger partial charge in [0, 0.05) is 18.0 Å². The van der Waals surface area contributed by atoms with Crippen molar-refractivity contribution in [2.45, 2.75) is 52.1 Å². The number of carbonyl (C=O) groups is 2. The van der Waals surface area contributed by atoms with Crippen molar-refractivity contribution in [3.8, 4) is 11.4 Å². The second kappa shape index (κ2) is 9.65. The highest BCUT2D eigenvalue weighted by atomic mass is 16.5. The van der Waals surface area contributed by atoms with Crippen LogP contribution in [0.4, 0.5) is 4.79 Å². The Kier molecular flexibility index (Phi) is 7.27. The topological polar surface area (TPSA) is 136 Å². The molecule has 9 nitrogen and oxygen atoms in total. The summed E-state index contributed by atoms with van der Waals surface area (Å²) in [5.74, 6) is 0.361. The SMILES string of the molecule is CCCCC(NC(N)=O)C(=O)NC(c1nc(-c2cccnc2)no1)C(C)C. The summed E-state index contributed by atoms with van der Waals surface area (Å²) in [4.78, 5) is 32.3. The molecular weight excluding hydrogens is 348 g/mol. The number of amides is 3. The van der Waals surface area contributed by atoms with Crippen LogP contribution in [0.5, 0.6) is 0 Å². The minimum absolute atomic E-state index is 0.00319. The third-order valence-corrected chi connectivity index (χ3v) is 4.07. The normalized spacial score (nSPS) is 13.2. The summed E-state index contributed by atoms with van der Waals surface area (Å²) >= 11 is 0. The molecule has 2 rings (SSSR count). The smallest absolute Gasteiger partial charge is 0.312 e. The van der Waals surface area contributed by atoms with Gasteiger partial charge in [0.2, 0.25) is 17.6 Å². The largest absolute Gasteiger partial charge is 0.352 e. The van der Waals surface area contributed by atoms with E-state index < -0.39 is 18.1 Å². The number of hydrogen-bond acceptors (Lipinski definition) is 6. The molecule has 2 heterocycles. The van der Waals surface area contributed by atoms with Crippen molar-refractivity contribution < 1.29 is 14.1 Å². The second-order valence-electron chi connectivity index (χ2n) is 6.63. The highest BCUT2D eigenvalue weighted by Crippen LogP contribution is 2.23. The van der Waals surface area contributed by atoms with E-state index in [1.54, 1.807) is 18.5 Å². The molecule has 0 saturated heterocycles. The molecule has 9 heteroatoms. The lowest BCUT2D eigenvalue weighted by Gasteiger charge is -2.23. The van der Waals surface area contributed by atoms with Gasteiger partial charge >= 0.3 is 6.03 Å². The van der Waals surface area contributed by atoms with Gasteiger partial charge in [0.25, 0.3) is 0 Å². The molecule has 0 bridgehead atoms. The number of carbonyl (C=O) groups excluding carboxylic acids is 2. The van der Waals surface area contributed by atoms with E-state index in [4.69, 9.17) is 10.3 Å². The maximum atomic E-state index is 12.7. The van der Waals surface area contributed by atoms with E-state index in [0.29, 0.717) is 18.1 Å². The Morgan fingerprint density at radius 2 is 2.07 bits per heavy atom. The van der Waals surface area contributed by atoms with E-state index >= 15 is 0 Å². The molecule has 0 radical (unpaired) electrons. The van der Waals surface area contributed by atoms with Crippen LogP contribution in [0.15, 0.2) is 29.0 Å². The highest BCUT2D eigenvalue weighted by Gasteiger charge is 2.28. The molecule has 0 aromatic carbocycles. The molecule has 0 aliphatic carbocycles. The molecule has 27 heavy (non-hydrogen) atoms. The summed E-state index contributed by atoms with van der Waals surface area (Å²) in [7, 11) is 0. The standard InChI is InChI=1S/C18H26N6O3/c1-4-5-8-13(21-18(19)26)16(25)22-14(11(2)3)17-23-15(24-27-17)12-7-6-9-20-10-12/h6-7,9-11,13-14H,4-5,8H2,1-3H3,(H,22,25)(H3,19,21,26). The van der Waals surface area contributed by atoms with Crippen molar-refractivity contribution >= 4 is 11.9 Å². The fourth-order valence-electron chi connectivity index (χ4n) is 2.59. The number of unbranched alkanes of at least 4 members (excludes halogenated alkanes) is 1. The minimum Gasteiger partial charge on any atom is -0.352 e. The van der Waals surface area contributed by atoms with Gasteiger partial charge in [-0.2, -0.15) is 4.98 Å². The van der Waals surface area contributed by atoms with Gasteiger partial charge in [-0.05, 0) is 24.5 Å². The van der Waals surface area contributed by atoms with Gasteiger partial charge in [0.05, 0.1) is 0 Å². The van der Waals surface area contributed by atoms with Gasteiger partial charge in [-0.1, -0.05) is 38.8 Å². The molecule has 2 unspecified atom stereocenters. The number of aromatic nitrogens is 3. The fourth-order valence-corrected chi connectivity index (χ4v) is 2.59. The Balaban J connectivity index is 2.16. The average Bonchev–Trinajstić information content (AvgIpc) is 3.12. The molecule has 0 aliphatic rings. The first-order valence-corrected chi connectivity index (χ1v) is 9.02. The summed E-state index contributed by atoms with van der Waals surface area (Å²) in [5, 5.41) is 9.36. The van der Waals surface area contributed by atoms with Gasteiger partial charge in [0.15, 0.2) is 0 Å². The van der Waals surface area contributed by atoms with E-state index in [1.807, 2.05) is 26.8 Å². The van der Waals surface area contributed by atoms with Crippen molar-refractivity contribution in [3.05, 3.63) is 30.4 Å². The molecular formula is C18H26N6O3. The number of urea groups is 1. The van der Waals surface area contributed by atoms with Crippen molar-refractivity contribution in [1.29, 1.82) is 0 Å². The minimum atomic E-state index is -0.732. The lowest BCUT2D eigenvalue weighted by atomic mass is 10.0. The number of nitrogens with one attached hydrogen (secondary N) is 2. The Labute approximate surface area is 158 Å². The average molecular weight is 374 g/mol. The van der Waals surface area contributed by atoms with E-state index in [1.165, 1.54) is 0 Å². The number of nitrogens with zero attached hydrogens (tertiary/aromatic N) is 3. The molecule has 2 atom stereocenters. The lowest BCUT2D eigenvalue weighted by molar-refractivity contribution is -0.124. The predicted octanol–water partition coefficient (Wildman–Crippen LogP) is 2.17. The van der Waals surface area contributed by atoms with Crippen LogP contribution in [0.3, 0.4) is 0 Å². The Morgan fingerprint density at radius 3 is 2.67 bits per heavy atom. The second-order valence-corrected chi connectivity index (χ2v) is 6.63. The molecule has 3 amide bonds. The quantitative estimate of drug-likeness (QED) is 0.615. The summed E-state index contributed by atoms with van der Waals surface area (Å²) in [6.07, 6.45) is 5.48. The molecule has 0 spiro atoms. The number of nitrogens with two attached hydrogens (primary N) is 1. The maximum absolute atomic E-state index is 12.7. The van der Waals surface area contributed by atoms with Gasteiger partial charge in [-0.3, -0.25) is 9.78 Å². The molecule has 2 aromatic heterocycles. The van der Waals surface area contributed by atoms with Gasteiger partial charge in [0.1, 0.15) is 12.1 Å². The fraction of sp³-hybridized carbons (Fsp3) is 0.500. The van der Waals surface area contributed by atoms with Crippen LogP contribution < -0.4 is 16.4 Å². The van der Waals surface area contributed by atoms with Gasteiger partial charge in [-0.15, -0.1) is 0 Å². The third kappa shape index (κ3) is 5.77. The van der Waals surface area contributed by atoms with E-state index in [2.05, 4.69) is 25.8 Å². The first kappa shape index (κ1) is 20.3. The van der Waals surface area contributed by atoms with Crippen LogP contribution in [0.2, 0.25) is 0 Å². The molecule has 146 valence electrons. The van der Waals surface area contributed by atoms with Crippen LogP contribution in [-0.2, 0) is 4.79 Å². The van der Waals surface area contributed by atoms with E-state index in [9.17, 15) is 9.59 Å². The molecule has 0 aliphatic heterocycles. The zero-order valence-corrected chi connectivity index (χ0v) is 15.8. The van der Waals surface area contributed by atoms with Crippen LogP contribution >= 0.6 is 0 Å². The van der Waals surface area contributed by atoms with Crippen LogP contribution in [0, 0.1) is 5.92 Å². The van der Waals surface area contributed by atoms with Crippen molar-refractivity contribution in [3.63, 3.8) is 0 Å². The monoisotopic (exact) mass is 374 g/mol.